The number of carbonyl (C=O) groups is 1. The van der Waals surface area contributed by atoms with Gasteiger partial charge in [0, 0.05) is 11.3 Å². The van der Waals surface area contributed by atoms with Gasteiger partial charge in [0.25, 0.3) is 20.2 Å². The minimum absolute atomic E-state index is 0.0436. The third-order valence-corrected chi connectivity index (χ3v) is 9.67. The van der Waals surface area contributed by atoms with E-state index >= 15 is 0 Å². The van der Waals surface area contributed by atoms with E-state index in [1.165, 1.54) is 30.3 Å². The van der Waals surface area contributed by atoms with Gasteiger partial charge in [-0.05, 0) is 54.8 Å². The first-order valence-electron chi connectivity index (χ1n) is 14.6. The zero-order valence-corrected chi connectivity index (χ0v) is 30.4. The fourth-order valence-corrected chi connectivity index (χ4v) is 6.12. The lowest BCUT2D eigenvalue weighted by Gasteiger charge is -2.13. The van der Waals surface area contributed by atoms with Gasteiger partial charge in [-0.1, -0.05) is 48.2 Å². The number of carboxylic acid groups (broad SMARTS) is 1. The molecule has 1 heterocycles. The van der Waals surface area contributed by atoms with Crippen LogP contribution in [0.5, 0.6) is 5.75 Å². The number of anilines is 5. The monoisotopic (exact) mass is 815 g/mol. The van der Waals surface area contributed by atoms with Crippen LogP contribution < -0.4 is 16.1 Å². The molecule has 0 saturated carbocycles. The molecule has 20 nitrogen and oxygen atoms in total. The zero-order valence-electron chi connectivity index (χ0n) is 27.1. The number of carboxylic acids is 1. The molecule has 24 heteroatoms. The van der Waals surface area contributed by atoms with Gasteiger partial charge in [0.1, 0.15) is 5.69 Å². The maximum absolute atomic E-state index is 12.3. The number of hydrazone groups is 1. The second kappa shape index (κ2) is 16.4. The van der Waals surface area contributed by atoms with Crippen LogP contribution in [0.3, 0.4) is 0 Å². The van der Waals surface area contributed by atoms with Crippen LogP contribution in [0.1, 0.15) is 15.9 Å². The number of nitrogens with one attached hydrogen (secondary N) is 3. The summed E-state index contributed by atoms with van der Waals surface area (Å²) in [6.07, 6.45) is 1.66. The number of phenolic OH excluding ortho intramolecular Hbond substituents is 1. The van der Waals surface area contributed by atoms with Gasteiger partial charge >= 0.3 is 5.97 Å². The molecule has 0 aliphatic carbocycles. The molecule has 8 N–H and O–H groups in total. The molecule has 0 radical (unpaired) electrons. The minimum Gasteiger partial charge on any atom is -0.504 e. The molecule has 0 bridgehead atoms. The minimum atomic E-state index is -4.92. The lowest BCUT2D eigenvalue weighted by Crippen LogP contribution is -2.08. The summed E-state index contributed by atoms with van der Waals surface area (Å²) in [6, 6.07) is 18.2. The van der Waals surface area contributed by atoms with Crippen molar-refractivity contribution in [2.45, 2.75) is 19.8 Å². The van der Waals surface area contributed by atoms with Crippen LogP contribution in [-0.4, -0.2) is 77.9 Å². The summed E-state index contributed by atoms with van der Waals surface area (Å²) in [5.74, 6) is -2.76. The third kappa shape index (κ3) is 9.95. The molecule has 0 amide bonds. The average Bonchev–Trinajstić information content (AvgIpc) is 3.12. The summed E-state index contributed by atoms with van der Waals surface area (Å²) in [6.45, 7) is 0. The van der Waals surface area contributed by atoms with Crippen molar-refractivity contribution in [2.24, 2.45) is 15.3 Å². The largest absolute Gasteiger partial charge is 0.504 e. The van der Waals surface area contributed by atoms with Crippen molar-refractivity contribution >= 4 is 89.5 Å². The quantitative estimate of drug-likeness (QED) is 0.0112. The molecule has 5 aromatic rings. The van der Waals surface area contributed by atoms with E-state index in [9.17, 15) is 49.7 Å². The highest BCUT2D eigenvalue weighted by atomic mass is 32.2. The fourth-order valence-electron chi connectivity index (χ4n) is 4.31. The summed E-state index contributed by atoms with van der Waals surface area (Å²) in [7, 11) is -9.66. The molecular formula is C30H25N9O11S4. The van der Waals surface area contributed by atoms with Crippen molar-refractivity contribution in [2.75, 3.05) is 22.3 Å². The first-order chi connectivity index (χ1) is 25.5. The van der Waals surface area contributed by atoms with Crippen LogP contribution in [0, 0.1) is 0 Å². The molecule has 54 heavy (non-hydrogen) atoms. The van der Waals surface area contributed by atoms with E-state index in [-0.39, 0.29) is 44.7 Å². The first-order valence-corrected chi connectivity index (χ1v) is 19.8. The highest BCUT2D eigenvalue weighted by Gasteiger charge is 2.20. The number of phenols is 1. The van der Waals surface area contributed by atoms with Crippen LogP contribution in [0.25, 0.3) is 0 Å². The van der Waals surface area contributed by atoms with Crippen LogP contribution in [0.15, 0.2) is 120 Å². The molecule has 1 aromatic heterocycles. The van der Waals surface area contributed by atoms with Crippen LogP contribution >= 0.6 is 11.8 Å². The van der Waals surface area contributed by atoms with Gasteiger partial charge in [-0.2, -0.15) is 36.9 Å². The molecule has 0 saturated heterocycles. The summed E-state index contributed by atoms with van der Waals surface area (Å²) >= 11 is -1.16. The summed E-state index contributed by atoms with van der Waals surface area (Å²) in [5.41, 5.74) is 1.42. The van der Waals surface area contributed by atoms with Gasteiger partial charge in [0.2, 0.25) is 17.7 Å². The van der Waals surface area contributed by atoms with E-state index < -0.39 is 64.1 Å². The van der Waals surface area contributed by atoms with Crippen LogP contribution in [-0.2, 0) is 31.3 Å². The lowest BCUT2D eigenvalue weighted by atomic mass is 10.2. The SMILES string of the molecule is CSc1nc(Nc2cccc(S(=O)O)c2)nc(Nc2cc(S(=O)(=O)O)cc(N=N/C(=N\Nc3ccc(S(=O)(=O)O)cc3C(=O)O)c3ccccc3)c2O)n1. The second-order valence-electron chi connectivity index (χ2n) is 10.4. The van der Waals surface area contributed by atoms with Gasteiger partial charge < -0.3 is 25.4 Å². The Bertz CT molecular complexity index is 2560. The number of rotatable bonds is 13. The number of aromatic nitrogens is 3. The number of hydrogen-bond acceptors (Lipinski definition) is 16. The van der Waals surface area contributed by atoms with Crippen molar-refractivity contribution in [3.63, 3.8) is 0 Å². The van der Waals surface area contributed by atoms with Crippen molar-refractivity contribution in [1.29, 1.82) is 0 Å². The standard InChI is InChI=1S/C30H25N9O11S4/c1-51-30-34-28(31-17-8-5-9-18(12-17)52(43)44)33-29(35-30)32-23-14-20(54(48,49)50)15-24(25(23)40)37-39-26(16-6-3-2-4-7-16)38-36-22-11-10-19(53(45,46)47)13-21(22)27(41)42/h2-15,36,40H,1H3,(H,41,42)(H,43,44)(H,45,46,47)(H,48,49,50)(H2,31,32,33,34,35)/b38-26-,39-37?. The molecule has 0 aliphatic rings. The number of benzene rings is 4. The predicted molar refractivity (Wildman–Crippen MR) is 196 cm³/mol. The molecule has 280 valence electrons. The Kier molecular flexibility index (Phi) is 12.0. The fraction of sp³-hybridized carbons (Fsp3) is 0.0333. The smallest absolute Gasteiger partial charge is 0.337 e. The lowest BCUT2D eigenvalue weighted by molar-refractivity contribution is 0.0697. The number of hydrogen-bond donors (Lipinski definition) is 8. The Morgan fingerprint density at radius 1 is 0.815 bits per heavy atom. The summed E-state index contributed by atoms with van der Waals surface area (Å²) in [5, 5.41) is 38.6. The molecule has 0 aliphatic heterocycles. The number of aromatic carboxylic acids is 1. The Hall–Kier alpha value is -5.89. The van der Waals surface area contributed by atoms with Gasteiger partial charge in [-0.15, -0.1) is 10.2 Å². The van der Waals surface area contributed by atoms with E-state index in [1.54, 1.807) is 30.5 Å². The van der Waals surface area contributed by atoms with Crippen molar-refractivity contribution in [3.8, 4) is 5.75 Å². The van der Waals surface area contributed by atoms with Gasteiger partial charge in [0.05, 0.1) is 31.6 Å². The van der Waals surface area contributed by atoms with Crippen molar-refractivity contribution in [3.05, 3.63) is 96.1 Å². The Balaban J connectivity index is 1.54. The van der Waals surface area contributed by atoms with E-state index in [1.807, 2.05) is 0 Å². The predicted octanol–water partition coefficient (Wildman–Crippen LogP) is 5.12. The van der Waals surface area contributed by atoms with Crippen molar-refractivity contribution < 1.29 is 49.7 Å². The van der Waals surface area contributed by atoms with Gasteiger partial charge in [0.15, 0.2) is 22.0 Å². The summed E-state index contributed by atoms with van der Waals surface area (Å²) in [4.78, 5) is 23.2. The van der Waals surface area contributed by atoms with Crippen LogP contribution in [0.2, 0.25) is 0 Å². The molecule has 1 unspecified atom stereocenters. The topological polar surface area (TPSA) is 315 Å². The van der Waals surface area contributed by atoms with Crippen LogP contribution in [0.4, 0.5) is 34.6 Å². The maximum atomic E-state index is 12.3. The number of thioether (sulfide) groups is 1. The zero-order chi connectivity index (χ0) is 39.2. The van der Waals surface area contributed by atoms with E-state index in [0.29, 0.717) is 11.8 Å². The normalized spacial score (nSPS) is 12.7. The molecule has 5 rings (SSSR count). The average molecular weight is 816 g/mol. The van der Waals surface area contributed by atoms with E-state index in [2.05, 4.69) is 46.3 Å². The molecular weight excluding hydrogens is 791 g/mol. The Morgan fingerprint density at radius 2 is 1.50 bits per heavy atom. The van der Waals surface area contributed by atoms with Crippen molar-refractivity contribution in [1.82, 2.24) is 15.0 Å². The number of aromatic hydroxyl groups is 1. The van der Waals surface area contributed by atoms with Gasteiger partial charge in [-0.25, -0.2) is 9.00 Å². The molecule has 4 aromatic carbocycles. The summed E-state index contributed by atoms with van der Waals surface area (Å²) < 4.78 is 87.8. The molecule has 1 atom stereocenters. The Morgan fingerprint density at radius 3 is 2.13 bits per heavy atom. The number of amidine groups is 1. The number of nitrogens with zero attached hydrogens (tertiary/aromatic N) is 6. The highest BCUT2D eigenvalue weighted by molar-refractivity contribution is 7.98. The molecule has 0 spiro atoms. The second-order valence-corrected chi connectivity index (χ2v) is 15.0. The van der Waals surface area contributed by atoms with E-state index in [4.69, 9.17) is 0 Å². The maximum Gasteiger partial charge on any atom is 0.337 e. The first kappa shape index (κ1) is 39.3. The third-order valence-electron chi connectivity index (χ3n) is 6.78. The molecule has 0 fully saturated rings. The van der Waals surface area contributed by atoms with E-state index in [0.717, 1.165) is 36.0 Å². The Labute approximate surface area is 312 Å². The number of azo groups is 1. The van der Waals surface area contributed by atoms with Gasteiger partial charge in [-0.3, -0.25) is 14.5 Å². The highest BCUT2D eigenvalue weighted by Crippen LogP contribution is 2.39.